The van der Waals surface area contributed by atoms with Gasteiger partial charge in [-0.05, 0) is 49.8 Å². The summed E-state index contributed by atoms with van der Waals surface area (Å²) in [5, 5.41) is 3.18. The van der Waals surface area contributed by atoms with Gasteiger partial charge in [-0.25, -0.2) is 8.42 Å². The summed E-state index contributed by atoms with van der Waals surface area (Å²) in [5.41, 5.74) is 0.0937. The molecule has 30 heavy (non-hydrogen) atoms. The molecule has 0 atom stereocenters. The molecule has 1 saturated carbocycles. The number of nitrogens with one attached hydrogen (secondary N) is 2. The van der Waals surface area contributed by atoms with E-state index in [-0.39, 0.29) is 21.9 Å². The lowest BCUT2D eigenvalue weighted by molar-refractivity contribution is 0.0926. The normalized spacial score (nSPS) is 19.8. The molecule has 0 spiro atoms. The summed E-state index contributed by atoms with van der Waals surface area (Å²) in [6.07, 6.45) is 8.27. The molecule has 1 aromatic heterocycles. The Morgan fingerprint density at radius 2 is 1.80 bits per heavy atom. The maximum atomic E-state index is 13.1. The summed E-state index contributed by atoms with van der Waals surface area (Å²) in [5.74, 6) is 0.115. The molecule has 1 aliphatic carbocycles. The highest BCUT2D eigenvalue weighted by molar-refractivity contribution is 7.89. The van der Waals surface area contributed by atoms with Gasteiger partial charge in [0.05, 0.1) is 4.90 Å². The lowest BCUT2D eigenvalue weighted by Gasteiger charge is -2.29. The molecule has 2 aromatic rings. The third-order valence-electron chi connectivity index (χ3n) is 6.42. The van der Waals surface area contributed by atoms with Crippen molar-refractivity contribution in [3.05, 3.63) is 40.2 Å². The molecule has 2 fully saturated rings. The number of rotatable bonds is 4. The number of benzene rings is 1. The Bertz CT molecular complexity index is 1100. The van der Waals surface area contributed by atoms with Crippen molar-refractivity contribution in [1.82, 2.24) is 14.6 Å². The van der Waals surface area contributed by atoms with E-state index in [0.717, 1.165) is 38.5 Å². The number of aromatic amines is 1. The van der Waals surface area contributed by atoms with E-state index in [1.165, 1.54) is 29.1 Å². The summed E-state index contributed by atoms with van der Waals surface area (Å²) in [6, 6.07) is 4.61. The van der Waals surface area contributed by atoms with Gasteiger partial charge < -0.3 is 10.3 Å². The van der Waals surface area contributed by atoms with Gasteiger partial charge in [0.25, 0.3) is 5.91 Å². The molecule has 162 valence electrons. The summed E-state index contributed by atoms with van der Waals surface area (Å²) in [6.45, 7) is 3.10. The van der Waals surface area contributed by atoms with E-state index in [9.17, 15) is 18.0 Å². The Labute approximate surface area is 176 Å². The van der Waals surface area contributed by atoms with Gasteiger partial charge in [-0.2, -0.15) is 4.31 Å². The van der Waals surface area contributed by atoms with Gasteiger partial charge in [0.15, 0.2) is 0 Å². The summed E-state index contributed by atoms with van der Waals surface area (Å²) in [4.78, 5) is 28.8. The zero-order valence-corrected chi connectivity index (χ0v) is 18.1. The van der Waals surface area contributed by atoms with Gasteiger partial charge in [0.2, 0.25) is 15.5 Å². The van der Waals surface area contributed by atoms with Crippen LogP contribution >= 0.6 is 0 Å². The van der Waals surface area contributed by atoms with E-state index < -0.39 is 21.4 Å². The van der Waals surface area contributed by atoms with Crippen LogP contribution in [-0.2, 0) is 10.0 Å². The Morgan fingerprint density at radius 1 is 1.10 bits per heavy atom. The van der Waals surface area contributed by atoms with E-state index in [1.807, 2.05) is 0 Å². The topological polar surface area (TPSA) is 99.3 Å². The molecule has 8 heteroatoms. The van der Waals surface area contributed by atoms with Crippen LogP contribution in [0.2, 0.25) is 0 Å². The molecule has 1 saturated heterocycles. The number of hydrogen-bond acceptors (Lipinski definition) is 4. The molecular formula is C22H29N3O4S. The maximum Gasteiger partial charge on any atom is 0.256 e. The third-order valence-corrected chi connectivity index (χ3v) is 8.31. The molecule has 4 rings (SSSR count). The molecule has 7 nitrogen and oxygen atoms in total. The number of piperidine rings is 1. The van der Waals surface area contributed by atoms with Crippen molar-refractivity contribution in [2.45, 2.75) is 62.8 Å². The molecule has 1 aliphatic heterocycles. The SMILES string of the molecule is CC1CCN(S(=O)(=O)c2ccc3[nH]cc(C(=O)NC4CCCCC4)c(=O)c3c2)CC1. The van der Waals surface area contributed by atoms with Crippen molar-refractivity contribution in [2.75, 3.05) is 13.1 Å². The largest absolute Gasteiger partial charge is 0.360 e. The van der Waals surface area contributed by atoms with Gasteiger partial charge in [-0.1, -0.05) is 26.2 Å². The number of H-pyrrole nitrogens is 1. The van der Waals surface area contributed by atoms with Crippen molar-refractivity contribution in [3.63, 3.8) is 0 Å². The predicted octanol–water partition coefficient (Wildman–Crippen LogP) is 3.01. The maximum absolute atomic E-state index is 13.1. The van der Waals surface area contributed by atoms with Gasteiger partial charge in [0.1, 0.15) is 5.56 Å². The number of sulfonamides is 1. The minimum Gasteiger partial charge on any atom is -0.360 e. The van der Waals surface area contributed by atoms with E-state index in [0.29, 0.717) is 24.5 Å². The minimum atomic E-state index is -3.67. The van der Waals surface area contributed by atoms with Crippen LogP contribution in [0.15, 0.2) is 34.1 Å². The second kappa shape index (κ2) is 8.51. The average molecular weight is 432 g/mol. The molecule has 2 N–H and O–H groups in total. The summed E-state index contributed by atoms with van der Waals surface area (Å²) < 4.78 is 27.6. The van der Waals surface area contributed by atoms with Crippen LogP contribution in [0.1, 0.15) is 62.2 Å². The number of aromatic nitrogens is 1. The fourth-order valence-electron chi connectivity index (χ4n) is 4.41. The first-order valence-electron chi connectivity index (χ1n) is 10.8. The molecule has 0 bridgehead atoms. The fourth-order valence-corrected chi connectivity index (χ4v) is 5.91. The monoisotopic (exact) mass is 431 g/mol. The second-order valence-electron chi connectivity index (χ2n) is 8.63. The van der Waals surface area contributed by atoms with E-state index >= 15 is 0 Å². The van der Waals surface area contributed by atoms with Crippen LogP contribution in [0.5, 0.6) is 0 Å². The van der Waals surface area contributed by atoms with E-state index in [1.54, 1.807) is 6.07 Å². The molecule has 1 amide bonds. The van der Waals surface area contributed by atoms with Crippen molar-refractivity contribution in [3.8, 4) is 0 Å². The van der Waals surface area contributed by atoms with E-state index in [4.69, 9.17) is 0 Å². The molecule has 0 radical (unpaired) electrons. The molecule has 2 heterocycles. The standard InChI is InChI=1S/C22H29N3O4S/c1-15-9-11-25(12-10-15)30(28,29)17-7-8-20-18(13-17)21(26)19(14-23-20)22(27)24-16-5-3-2-4-6-16/h7-8,13-16H,2-6,9-12H2,1H3,(H,23,26)(H,24,27). The fraction of sp³-hybridized carbons (Fsp3) is 0.545. The lowest BCUT2D eigenvalue weighted by atomic mass is 9.95. The lowest BCUT2D eigenvalue weighted by Crippen LogP contribution is -2.38. The number of carbonyl (C=O) groups excluding carboxylic acids is 1. The third kappa shape index (κ3) is 4.16. The predicted molar refractivity (Wildman–Crippen MR) is 116 cm³/mol. The first-order chi connectivity index (χ1) is 14.4. The number of pyridine rings is 1. The van der Waals surface area contributed by atoms with Crippen LogP contribution in [0.4, 0.5) is 0 Å². The molecular weight excluding hydrogens is 402 g/mol. The van der Waals surface area contributed by atoms with Gasteiger partial charge in [-0.3, -0.25) is 9.59 Å². The second-order valence-corrected chi connectivity index (χ2v) is 10.6. The van der Waals surface area contributed by atoms with Gasteiger partial charge in [-0.15, -0.1) is 0 Å². The molecule has 0 unspecified atom stereocenters. The van der Waals surface area contributed by atoms with Crippen molar-refractivity contribution >= 4 is 26.8 Å². The zero-order chi connectivity index (χ0) is 21.3. The Hall–Kier alpha value is -2.19. The van der Waals surface area contributed by atoms with Crippen LogP contribution < -0.4 is 10.7 Å². The Balaban J connectivity index is 1.64. The number of hydrogen-bond donors (Lipinski definition) is 2. The Kier molecular flexibility index (Phi) is 5.97. The van der Waals surface area contributed by atoms with Gasteiger partial charge in [0, 0.05) is 36.2 Å². The molecule has 2 aliphatic rings. The van der Waals surface area contributed by atoms with Crippen LogP contribution in [-0.4, -0.2) is 42.7 Å². The zero-order valence-electron chi connectivity index (χ0n) is 17.3. The summed E-state index contributed by atoms with van der Waals surface area (Å²) in [7, 11) is -3.67. The van der Waals surface area contributed by atoms with Crippen LogP contribution in [0.3, 0.4) is 0 Å². The number of fused-ring (bicyclic) bond motifs is 1. The minimum absolute atomic E-state index is 0.0226. The highest BCUT2D eigenvalue weighted by Crippen LogP contribution is 2.25. The number of carbonyl (C=O) groups is 1. The van der Waals surface area contributed by atoms with Crippen LogP contribution in [0, 0.1) is 5.92 Å². The van der Waals surface area contributed by atoms with Gasteiger partial charge >= 0.3 is 0 Å². The number of amides is 1. The highest BCUT2D eigenvalue weighted by atomic mass is 32.2. The highest BCUT2D eigenvalue weighted by Gasteiger charge is 2.28. The Morgan fingerprint density at radius 3 is 2.50 bits per heavy atom. The first-order valence-corrected chi connectivity index (χ1v) is 12.3. The number of nitrogens with zero attached hydrogens (tertiary/aromatic N) is 1. The van der Waals surface area contributed by atoms with Crippen LogP contribution in [0.25, 0.3) is 10.9 Å². The average Bonchev–Trinajstić information content (AvgIpc) is 2.75. The van der Waals surface area contributed by atoms with Crippen molar-refractivity contribution < 1.29 is 13.2 Å². The quantitative estimate of drug-likeness (QED) is 0.777. The molecule has 1 aromatic carbocycles. The smallest absolute Gasteiger partial charge is 0.256 e. The first kappa shape index (κ1) is 21.1. The van der Waals surface area contributed by atoms with Crippen molar-refractivity contribution in [2.24, 2.45) is 5.92 Å². The van der Waals surface area contributed by atoms with Crippen molar-refractivity contribution in [1.29, 1.82) is 0 Å². The summed E-state index contributed by atoms with van der Waals surface area (Å²) >= 11 is 0. The van der Waals surface area contributed by atoms with E-state index in [2.05, 4.69) is 17.2 Å².